The molecule has 2 aliphatic heterocycles. The molecule has 0 saturated carbocycles. The van der Waals surface area contributed by atoms with Crippen molar-refractivity contribution in [3.63, 3.8) is 0 Å². The molecule has 0 aromatic rings. The van der Waals surface area contributed by atoms with Gasteiger partial charge in [-0.25, -0.2) is 4.79 Å². The monoisotopic (exact) mass is 170 g/mol. The van der Waals surface area contributed by atoms with Crippen molar-refractivity contribution in [2.75, 3.05) is 13.1 Å². The van der Waals surface area contributed by atoms with E-state index >= 15 is 0 Å². The number of carboxylic acid groups (broad SMARTS) is 1. The Kier molecular flexibility index (Phi) is 1.54. The zero-order chi connectivity index (χ0) is 8.77. The first-order valence-electron chi connectivity index (χ1n) is 4.36. The van der Waals surface area contributed by atoms with Crippen molar-refractivity contribution in [1.82, 2.24) is 10.2 Å². The molecule has 2 heterocycles. The molecule has 4 nitrogen and oxygen atoms in total. The van der Waals surface area contributed by atoms with Gasteiger partial charge in [-0.15, -0.1) is 0 Å². The molecule has 2 rings (SSSR count). The first kappa shape index (κ1) is 7.86. The van der Waals surface area contributed by atoms with E-state index in [1.165, 1.54) is 0 Å². The smallest absolute Gasteiger partial charge is 0.408 e. The van der Waals surface area contributed by atoms with Gasteiger partial charge < -0.3 is 10.4 Å². The normalized spacial score (nSPS) is 40.1. The van der Waals surface area contributed by atoms with Crippen LogP contribution in [0.25, 0.3) is 0 Å². The van der Waals surface area contributed by atoms with Crippen molar-refractivity contribution in [2.24, 2.45) is 0 Å². The van der Waals surface area contributed by atoms with E-state index in [0.29, 0.717) is 0 Å². The second kappa shape index (κ2) is 2.36. The fraction of sp³-hybridized carbons (Fsp3) is 0.875. The summed E-state index contributed by atoms with van der Waals surface area (Å²) < 4.78 is 0. The molecule has 0 aromatic heterocycles. The van der Waals surface area contributed by atoms with Crippen LogP contribution in [-0.4, -0.2) is 40.8 Å². The first-order valence-corrected chi connectivity index (χ1v) is 4.36. The molecule has 0 aliphatic carbocycles. The number of carbonyl (C=O) groups is 1. The highest BCUT2D eigenvalue weighted by Crippen LogP contribution is 2.35. The van der Waals surface area contributed by atoms with Gasteiger partial charge in [-0.2, -0.15) is 0 Å². The van der Waals surface area contributed by atoms with Gasteiger partial charge in [-0.05, 0) is 19.8 Å². The van der Waals surface area contributed by atoms with Crippen molar-refractivity contribution in [1.29, 1.82) is 0 Å². The molecule has 1 amide bonds. The van der Waals surface area contributed by atoms with Crippen LogP contribution in [0.3, 0.4) is 0 Å². The predicted octanol–water partition coefficient (Wildman–Crippen LogP) is 0.491. The van der Waals surface area contributed by atoms with Crippen molar-refractivity contribution in [2.45, 2.75) is 31.3 Å². The summed E-state index contributed by atoms with van der Waals surface area (Å²) in [5, 5.41) is 12.2. The SMILES string of the molecule is C[C@@]12CCC(CNC1)N2C(=O)O. The van der Waals surface area contributed by atoms with Crippen LogP contribution in [0, 0.1) is 0 Å². The molecule has 1 unspecified atom stereocenters. The average molecular weight is 170 g/mol. The molecule has 2 fully saturated rings. The lowest BCUT2D eigenvalue weighted by atomic mass is 9.99. The van der Waals surface area contributed by atoms with Gasteiger partial charge in [0.2, 0.25) is 0 Å². The number of hydrogen-bond donors (Lipinski definition) is 2. The number of nitrogens with one attached hydrogen (secondary N) is 1. The fourth-order valence-corrected chi connectivity index (χ4v) is 2.43. The Morgan fingerprint density at radius 1 is 1.75 bits per heavy atom. The van der Waals surface area contributed by atoms with Crippen LogP contribution in [0.4, 0.5) is 4.79 Å². The van der Waals surface area contributed by atoms with Crippen LogP contribution in [-0.2, 0) is 0 Å². The summed E-state index contributed by atoms with van der Waals surface area (Å²) in [5.41, 5.74) is -0.144. The van der Waals surface area contributed by atoms with E-state index in [-0.39, 0.29) is 11.6 Å². The molecule has 0 radical (unpaired) electrons. The van der Waals surface area contributed by atoms with E-state index < -0.39 is 6.09 Å². The number of hydrogen-bond acceptors (Lipinski definition) is 2. The van der Waals surface area contributed by atoms with E-state index in [9.17, 15) is 4.79 Å². The van der Waals surface area contributed by atoms with Gasteiger partial charge >= 0.3 is 6.09 Å². The second-order valence-corrected chi connectivity index (χ2v) is 3.97. The number of fused-ring (bicyclic) bond motifs is 2. The molecule has 68 valence electrons. The van der Waals surface area contributed by atoms with Gasteiger partial charge in [0.15, 0.2) is 0 Å². The molecule has 2 bridgehead atoms. The third-order valence-corrected chi connectivity index (χ3v) is 3.05. The van der Waals surface area contributed by atoms with E-state index in [1.807, 2.05) is 6.92 Å². The van der Waals surface area contributed by atoms with Crippen LogP contribution in [0.2, 0.25) is 0 Å². The van der Waals surface area contributed by atoms with Crippen molar-refractivity contribution < 1.29 is 9.90 Å². The van der Waals surface area contributed by atoms with E-state index in [0.717, 1.165) is 25.9 Å². The number of nitrogens with zero attached hydrogens (tertiary/aromatic N) is 1. The summed E-state index contributed by atoms with van der Waals surface area (Å²) in [6.45, 7) is 3.64. The largest absolute Gasteiger partial charge is 0.465 e. The molecular weight excluding hydrogens is 156 g/mol. The molecule has 2 aliphatic rings. The Labute approximate surface area is 71.5 Å². The molecular formula is C8H14N2O2. The standard InChI is InChI=1S/C8H14N2O2/c1-8-3-2-6(4-9-5-8)10(8)7(11)12/h6,9H,2-5H2,1H3,(H,11,12)/t6?,8-/m1/s1. The van der Waals surface area contributed by atoms with Gasteiger partial charge in [0.05, 0.1) is 5.54 Å². The minimum Gasteiger partial charge on any atom is -0.465 e. The Morgan fingerprint density at radius 3 is 3.00 bits per heavy atom. The zero-order valence-corrected chi connectivity index (χ0v) is 7.21. The van der Waals surface area contributed by atoms with E-state index in [2.05, 4.69) is 5.32 Å². The van der Waals surface area contributed by atoms with Gasteiger partial charge in [0.25, 0.3) is 0 Å². The van der Waals surface area contributed by atoms with Crippen molar-refractivity contribution in [3.05, 3.63) is 0 Å². The van der Waals surface area contributed by atoms with Gasteiger partial charge in [-0.3, -0.25) is 4.90 Å². The van der Waals surface area contributed by atoms with E-state index in [4.69, 9.17) is 5.11 Å². The summed E-state index contributed by atoms with van der Waals surface area (Å²) in [6.07, 6.45) is 1.24. The lowest BCUT2D eigenvalue weighted by Gasteiger charge is -2.40. The Bertz CT molecular complexity index is 215. The Balaban J connectivity index is 2.26. The molecule has 0 aromatic carbocycles. The van der Waals surface area contributed by atoms with E-state index in [1.54, 1.807) is 4.90 Å². The van der Waals surface area contributed by atoms with Crippen LogP contribution >= 0.6 is 0 Å². The summed E-state index contributed by atoms with van der Waals surface area (Å²) in [4.78, 5) is 12.5. The molecule has 2 saturated heterocycles. The minimum absolute atomic E-state index is 0.144. The highest BCUT2D eigenvalue weighted by molar-refractivity contribution is 5.67. The van der Waals surface area contributed by atoms with Crippen LogP contribution in [0.15, 0.2) is 0 Å². The van der Waals surface area contributed by atoms with Gasteiger partial charge in [0.1, 0.15) is 0 Å². The van der Waals surface area contributed by atoms with Gasteiger partial charge in [-0.1, -0.05) is 0 Å². The van der Waals surface area contributed by atoms with Crippen molar-refractivity contribution >= 4 is 6.09 Å². The zero-order valence-electron chi connectivity index (χ0n) is 7.21. The lowest BCUT2D eigenvalue weighted by Crippen LogP contribution is -2.60. The molecule has 2 atom stereocenters. The summed E-state index contributed by atoms with van der Waals surface area (Å²) >= 11 is 0. The predicted molar refractivity (Wildman–Crippen MR) is 44.2 cm³/mol. The highest BCUT2D eigenvalue weighted by Gasteiger charge is 2.48. The molecule has 2 N–H and O–H groups in total. The molecule has 4 heteroatoms. The van der Waals surface area contributed by atoms with Crippen LogP contribution < -0.4 is 5.32 Å². The minimum atomic E-state index is -0.762. The maximum absolute atomic E-state index is 10.9. The number of rotatable bonds is 0. The maximum atomic E-state index is 10.9. The third kappa shape index (κ3) is 0.909. The summed E-state index contributed by atoms with van der Waals surface area (Å²) in [6, 6.07) is 0.209. The van der Waals surface area contributed by atoms with Crippen LogP contribution in [0.1, 0.15) is 19.8 Å². The molecule has 0 spiro atoms. The first-order chi connectivity index (χ1) is 5.63. The average Bonchev–Trinajstić information content (AvgIpc) is 2.18. The summed E-state index contributed by atoms with van der Waals surface area (Å²) in [5.74, 6) is 0. The highest BCUT2D eigenvalue weighted by atomic mass is 16.4. The second-order valence-electron chi connectivity index (χ2n) is 3.97. The molecule has 12 heavy (non-hydrogen) atoms. The van der Waals surface area contributed by atoms with Crippen LogP contribution in [0.5, 0.6) is 0 Å². The third-order valence-electron chi connectivity index (χ3n) is 3.05. The summed E-state index contributed by atoms with van der Waals surface area (Å²) in [7, 11) is 0. The Morgan fingerprint density at radius 2 is 2.50 bits per heavy atom. The Hall–Kier alpha value is -0.770. The number of amides is 1. The fourth-order valence-electron chi connectivity index (χ4n) is 2.43. The lowest BCUT2D eigenvalue weighted by molar-refractivity contribution is 0.0704. The maximum Gasteiger partial charge on any atom is 0.408 e. The van der Waals surface area contributed by atoms with Crippen molar-refractivity contribution in [3.8, 4) is 0 Å². The topological polar surface area (TPSA) is 52.6 Å². The van der Waals surface area contributed by atoms with Gasteiger partial charge in [0, 0.05) is 19.1 Å². The number of piperazine rings is 1. The quantitative estimate of drug-likeness (QED) is 0.556.